The number of amides is 1. The molecule has 0 unspecified atom stereocenters. The highest BCUT2D eigenvalue weighted by atomic mass is 35.5. The molecule has 0 bridgehead atoms. The molecular weight excluding hydrogens is 468 g/mol. The number of nitrogens with zero attached hydrogens (tertiary/aromatic N) is 1. The fourth-order valence-electron chi connectivity index (χ4n) is 2.76. The Kier molecular flexibility index (Phi) is 6.36. The van der Waals surface area contributed by atoms with Gasteiger partial charge >= 0.3 is 10.1 Å². The maximum absolute atomic E-state index is 12.4. The molecule has 1 heterocycles. The molecule has 32 heavy (non-hydrogen) atoms. The average Bonchev–Trinajstić information content (AvgIpc) is 3.10. The first-order chi connectivity index (χ1) is 15.3. The first-order valence-corrected chi connectivity index (χ1v) is 12.1. The van der Waals surface area contributed by atoms with Crippen molar-refractivity contribution in [3.8, 4) is 5.75 Å². The first kappa shape index (κ1) is 22.1. The minimum Gasteiger partial charge on any atom is -0.379 e. The third-order valence-electron chi connectivity index (χ3n) is 4.40. The zero-order chi connectivity index (χ0) is 22.7. The highest BCUT2D eigenvalue weighted by Gasteiger charge is 2.24. The normalized spacial score (nSPS) is 16.4. The molecule has 1 fully saturated rings. The van der Waals surface area contributed by atoms with Crippen molar-refractivity contribution in [1.29, 1.82) is 0 Å². The summed E-state index contributed by atoms with van der Waals surface area (Å²) in [6, 6.07) is 19.8. The molecule has 0 aromatic heterocycles. The lowest BCUT2D eigenvalue weighted by atomic mass is 10.2. The Morgan fingerprint density at radius 2 is 1.62 bits per heavy atom. The number of carbonyl (C=O) groups is 1. The van der Waals surface area contributed by atoms with Gasteiger partial charge in [0.25, 0.3) is 5.91 Å². The number of aliphatic imine (C=N–C) groups is 1. The van der Waals surface area contributed by atoms with Crippen LogP contribution >= 0.6 is 23.4 Å². The Balaban J connectivity index is 1.46. The van der Waals surface area contributed by atoms with Crippen LogP contribution in [0.3, 0.4) is 0 Å². The number of carbonyl (C=O) groups excluding carboxylic acids is 1. The second-order valence-electron chi connectivity index (χ2n) is 6.88. The van der Waals surface area contributed by atoms with E-state index < -0.39 is 10.1 Å². The van der Waals surface area contributed by atoms with Crippen molar-refractivity contribution in [1.82, 2.24) is 5.32 Å². The zero-order valence-electron chi connectivity index (χ0n) is 16.8. The van der Waals surface area contributed by atoms with Gasteiger partial charge in [0.15, 0.2) is 5.17 Å². The highest BCUT2D eigenvalue weighted by molar-refractivity contribution is 8.18. The number of benzene rings is 3. The molecule has 1 N–H and O–H groups in total. The van der Waals surface area contributed by atoms with Gasteiger partial charge in [-0.25, -0.2) is 4.99 Å². The predicted molar refractivity (Wildman–Crippen MR) is 128 cm³/mol. The average molecular weight is 485 g/mol. The number of hydrogen-bond donors (Lipinski definition) is 1. The van der Waals surface area contributed by atoms with E-state index >= 15 is 0 Å². The molecule has 3 aromatic carbocycles. The van der Waals surface area contributed by atoms with E-state index in [1.165, 1.54) is 23.9 Å². The Hall–Kier alpha value is -3.07. The molecule has 1 saturated heterocycles. The molecule has 9 heteroatoms. The molecule has 1 amide bonds. The molecule has 0 aliphatic carbocycles. The summed E-state index contributed by atoms with van der Waals surface area (Å²) in [6.45, 7) is 1.87. The summed E-state index contributed by atoms with van der Waals surface area (Å²) in [7, 11) is -3.92. The van der Waals surface area contributed by atoms with Crippen LogP contribution in [0, 0.1) is 6.92 Å². The van der Waals surface area contributed by atoms with Crippen molar-refractivity contribution in [3.63, 3.8) is 0 Å². The number of aryl methyl sites for hydroxylation is 1. The Morgan fingerprint density at radius 3 is 2.28 bits per heavy atom. The maximum Gasteiger partial charge on any atom is 0.339 e. The number of halogens is 1. The molecule has 3 aromatic rings. The van der Waals surface area contributed by atoms with Crippen molar-refractivity contribution in [2.45, 2.75) is 11.8 Å². The molecule has 0 atom stereocenters. The number of thioether (sulfide) groups is 1. The van der Waals surface area contributed by atoms with Crippen LogP contribution in [0.4, 0.5) is 5.69 Å². The van der Waals surface area contributed by atoms with E-state index in [-0.39, 0.29) is 16.6 Å². The molecule has 0 radical (unpaired) electrons. The van der Waals surface area contributed by atoms with E-state index in [1.807, 2.05) is 6.92 Å². The van der Waals surface area contributed by atoms with E-state index in [4.69, 9.17) is 15.8 Å². The van der Waals surface area contributed by atoms with Gasteiger partial charge in [-0.1, -0.05) is 41.4 Å². The zero-order valence-corrected chi connectivity index (χ0v) is 19.2. The van der Waals surface area contributed by atoms with E-state index in [2.05, 4.69) is 10.3 Å². The molecule has 1 aliphatic rings. The van der Waals surface area contributed by atoms with Gasteiger partial charge in [-0.05, 0) is 78.9 Å². The second-order valence-corrected chi connectivity index (χ2v) is 9.89. The molecule has 4 rings (SSSR count). The lowest BCUT2D eigenvalue weighted by Gasteiger charge is -2.07. The van der Waals surface area contributed by atoms with E-state index in [0.717, 1.165) is 11.1 Å². The van der Waals surface area contributed by atoms with Crippen LogP contribution in [0.25, 0.3) is 6.08 Å². The minimum absolute atomic E-state index is 0.0841. The van der Waals surface area contributed by atoms with Gasteiger partial charge in [0.2, 0.25) is 0 Å². The van der Waals surface area contributed by atoms with Crippen LogP contribution < -0.4 is 9.50 Å². The van der Waals surface area contributed by atoms with Gasteiger partial charge in [0, 0.05) is 5.02 Å². The van der Waals surface area contributed by atoms with Crippen LogP contribution in [0.2, 0.25) is 5.02 Å². The van der Waals surface area contributed by atoms with E-state index in [9.17, 15) is 13.2 Å². The van der Waals surface area contributed by atoms with Crippen LogP contribution in [0.15, 0.2) is 87.6 Å². The molecule has 1 aliphatic heterocycles. The van der Waals surface area contributed by atoms with E-state index in [1.54, 1.807) is 66.7 Å². The fourth-order valence-corrected chi connectivity index (χ4v) is 4.66. The SMILES string of the molecule is Cc1ccc(S(=O)(=O)Oc2ccc(/C=C3\SC(=Nc4ccc(Cl)cc4)NC3=O)cc2)cc1. The molecule has 0 saturated carbocycles. The summed E-state index contributed by atoms with van der Waals surface area (Å²) < 4.78 is 30.0. The molecule has 6 nitrogen and oxygen atoms in total. The van der Waals surface area contributed by atoms with Crippen molar-refractivity contribution >= 4 is 56.3 Å². The predicted octanol–water partition coefficient (Wildman–Crippen LogP) is 5.31. The van der Waals surface area contributed by atoms with Gasteiger partial charge in [0.05, 0.1) is 10.6 Å². The van der Waals surface area contributed by atoms with Crippen LogP contribution in [0.1, 0.15) is 11.1 Å². The van der Waals surface area contributed by atoms with Crippen LogP contribution in [-0.4, -0.2) is 19.5 Å². The molecular formula is C23H17ClN2O4S2. The third-order valence-corrected chi connectivity index (χ3v) is 6.82. The lowest BCUT2D eigenvalue weighted by Crippen LogP contribution is -2.19. The van der Waals surface area contributed by atoms with Crippen molar-refractivity contribution < 1.29 is 17.4 Å². The van der Waals surface area contributed by atoms with Crippen molar-refractivity contribution in [2.75, 3.05) is 0 Å². The lowest BCUT2D eigenvalue weighted by molar-refractivity contribution is -0.115. The van der Waals surface area contributed by atoms with Crippen LogP contribution in [-0.2, 0) is 14.9 Å². The second kappa shape index (κ2) is 9.20. The summed E-state index contributed by atoms with van der Waals surface area (Å²) in [4.78, 5) is 17.2. The summed E-state index contributed by atoms with van der Waals surface area (Å²) in [5.74, 6) is -0.0776. The monoisotopic (exact) mass is 484 g/mol. The van der Waals surface area contributed by atoms with Gasteiger partial charge in [-0.15, -0.1) is 0 Å². The van der Waals surface area contributed by atoms with E-state index in [0.29, 0.717) is 20.8 Å². The first-order valence-electron chi connectivity index (χ1n) is 9.45. The summed E-state index contributed by atoms with van der Waals surface area (Å²) in [6.07, 6.45) is 1.70. The van der Waals surface area contributed by atoms with Gasteiger partial charge in [-0.3, -0.25) is 4.79 Å². The largest absolute Gasteiger partial charge is 0.379 e. The topological polar surface area (TPSA) is 84.8 Å². The Labute approximate surface area is 195 Å². The maximum atomic E-state index is 12.4. The van der Waals surface area contributed by atoms with Gasteiger partial charge in [-0.2, -0.15) is 8.42 Å². The number of amidine groups is 1. The number of nitrogens with one attached hydrogen (secondary N) is 1. The van der Waals surface area contributed by atoms with Gasteiger partial charge in [0.1, 0.15) is 10.6 Å². The quantitative estimate of drug-likeness (QED) is 0.392. The summed E-state index contributed by atoms with van der Waals surface area (Å²) >= 11 is 7.09. The van der Waals surface area contributed by atoms with Crippen LogP contribution in [0.5, 0.6) is 5.75 Å². The third kappa shape index (κ3) is 5.40. The summed E-state index contributed by atoms with van der Waals surface area (Å²) in [5, 5.41) is 3.79. The Morgan fingerprint density at radius 1 is 0.969 bits per heavy atom. The minimum atomic E-state index is -3.92. The van der Waals surface area contributed by atoms with Crippen molar-refractivity contribution in [3.05, 3.63) is 93.9 Å². The molecule has 162 valence electrons. The summed E-state index contributed by atoms with van der Waals surface area (Å²) in [5.41, 5.74) is 2.35. The molecule has 0 spiro atoms. The fraction of sp³-hybridized carbons (Fsp3) is 0.0435. The number of rotatable bonds is 5. The Bertz CT molecular complexity index is 1320. The number of hydrogen-bond acceptors (Lipinski definition) is 6. The smallest absolute Gasteiger partial charge is 0.339 e. The van der Waals surface area contributed by atoms with Crippen molar-refractivity contribution in [2.24, 2.45) is 4.99 Å². The highest BCUT2D eigenvalue weighted by Crippen LogP contribution is 2.29. The standard InChI is InChI=1S/C23H17ClN2O4S2/c1-15-2-12-20(13-3-15)32(28,29)30-19-10-4-16(5-11-19)14-21-22(27)26-23(31-21)25-18-8-6-17(24)7-9-18/h2-14H,1H3,(H,25,26,27)/b21-14-. The van der Waals surface area contributed by atoms with Gasteiger partial charge < -0.3 is 9.50 Å².